The largest absolute Gasteiger partial charge is 0.361 e. The average Bonchev–Trinajstić information content (AvgIpc) is 2.85. The molecule has 3 rings (SSSR count). The SMILES string of the molecule is NCc1ccccc1-c1ccc2cc[nH]c2c1. The first-order valence-corrected chi connectivity index (χ1v) is 5.74. The van der Waals surface area contributed by atoms with Crippen molar-refractivity contribution in [3.05, 3.63) is 60.3 Å². The van der Waals surface area contributed by atoms with Crippen LogP contribution in [0.4, 0.5) is 0 Å². The van der Waals surface area contributed by atoms with Crippen LogP contribution in [-0.2, 0) is 6.54 Å². The number of aromatic amines is 1. The molecule has 1 aromatic heterocycles. The maximum Gasteiger partial charge on any atom is 0.0460 e. The van der Waals surface area contributed by atoms with E-state index in [0.717, 1.165) is 5.52 Å². The van der Waals surface area contributed by atoms with Crippen molar-refractivity contribution in [2.75, 3.05) is 0 Å². The molecule has 0 unspecified atom stereocenters. The number of hydrogen-bond donors (Lipinski definition) is 2. The second kappa shape index (κ2) is 4.07. The van der Waals surface area contributed by atoms with E-state index in [2.05, 4.69) is 41.4 Å². The van der Waals surface area contributed by atoms with Gasteiger partial charge in [0.15, 0.2) is 0 Å². The lowest BCUT2D eigenvalue weighted by molar-refractivity contribution is 1.07. The summed E-state index contributed by atoms with van der Waals surface area (Å²) in [4.78, 5) is 3.24. The van der Waals surface area contributed by atoms with Gasteiger partial charge in [-0.15, -0.1) is 0 Å². The molecule has 17 heavy (non-hydrogen) atoms. The van der Waals surface area contributed by atoms with E-state index in [-0.39, 0.29) is 0 Å². The number of nitrogens with one attached hydrogen (secondary N) is 1. The molecule has 0 aliphatic rings. The molecule has 2 aromatic carbocycles. The van der Waals surface area contributed by atoms with Crippen LogP contribution in [0.5, 0.6) is 0 Å². The fourth-order valence-electron chi connectivity index (χ4n) is 2.20. The van der Waals surface area contributed by atoms with E-state index in [4.69, 9.17) is 5.73 Å². The first-order chi connectivity index (χ1) is 8.38. The molecule has 0 spiro atoms. The van der Waals surface area contributed by atoms with Crippen molar-refractivity contribution < 1.29 is 0 Å². The predicted octanol–water partition coefficient (Wildman–Crippen LogP) is 3.29. The van der Waals surface area contributed by atoms with Gasteiger partial charge in [0.1, 0.15) is 0 Å². The van der Waals surface area contributed by atoms with E-state index in [1.54, 1.807) is 0 Å². The second-order valence-electron chi connectivity index (χ2n) is 4.14. The highest BCUT2D eigenvalue weighted by Gasteiger charge is 2.04. The van der Waals surface area contributed by atoms with Crippen LogP contribution in [0.25, 0.3) is 22.0 Å². The first kappa shape index (κ1) is 10.1. The van der Waals surface area contributed by atoms with Gasteiger partial charge in [-0.05, 0) is 34.2 Å². The number of aromatic nitrogens is 1. The van der Waals surface area contributed by atoms with Crippen LogP contribution in [-0.4, -0.2) is 4.98 Å². The van der Waals surface area contributed by atoms with Gasteiger partial charge in [-0.3, -0.25) is 0 Å². The van der Waals surface area contributed by atoms with Crippen LogP contribution < -0.4 is 5.73 Å². The zero-order valence-corrected chi connectivity index (χ0v) is 9.48. The molecule has 3 N–H and O–H groups in total. The van der Waals surface area contributed by atoms with Gasteiger partial charge in [-0.2, -0.15) is 0 Å². The molecule has 0 saturated heterocycles. The van der Waals surface area contributed by atoms with Crippen LogP contribution in [0.3, 0.4) is 0 Å². The van der Waals surface area contributed by atoms with Crippen LogP contribution in [0.15, 0.2) is 54.7 Å². The number of benzene rings is 2. The van der Waals surface area contributed by atoms with E-state index < -0.39 is 0 Å². The molecule has 0 aliphatic carbocycles. The maximum absolute atomic E-state index is 5.77. The zero-order valence-electron chi connectivity index (χ0n) is 9.48. The smallest absolute Gasteiger partial charge is 0.0460 e. The third-order valence-corrected chi connectivity index (χ3v) is 3.10. The molecule has 3 aromatic rings. The van der Waals surface area contributed by atoms with Gasteiger partial charge in [0, 0.05) is 18.3 Å². The summed E-state index contributed by atoms with van der Waals surface area (Å²) in [7, 11) is 0. The molecule has 0 atom stereocenters. The second-order valence-corrected chi connectivity index (χ2v) is 4.14. The molecule has 0 saturated carbocycles. The fourth-order valence-corrected chi connectivity index (χ4v) is 2.20. The van der Waals surface area contributed by atoms with E-state index >= 15 is 0 Å². The Balaban J connectivity index is 2.19. The molecule has 0 radical (unpaired) electrons. The monoisotopic (exact) mass is 222 g/mol. The summed E-state index contributed by atoms with van der Waals surface area (Å²) >= 11 is 0. The maximum atomic E-state index is 5.77. The summed E-state index contributed by atoms with van der Waals surface area (Å²) < 4.78 is 0. The molecule has 1 heterocycles. The van der Waals surface area contributed by atoms with Crippen molar-refractivity contribution in [2.24, 2.45) is 5.73 Å². The predicted molar refractivity (Wildman–Crippen MR) is 71.6 cm³/mol. The highest BCUT2D eigenvalue weighted by Crippen LogP contribution is 2.26. The van der Waals surface area contributed by atoms with E-state index in [1.807, 2.05) is 18.3 Å². The molecule has 84 valence electrons. The summed E-state index contributed by atoms with van der Waals surface area (Å²) in [6, 6.07) is 16.8. The molecular formula is C15H14N2. The zero-order chi connectivity index (χ0) is 11.7. The average molecular weight is 222 g/mol. The minimum atomic E-state index is 0.568. The van der Waals surface area contributed by atoms with Crippen LogP contribution in [0, 0.1) is 0 Å². The molecule has 0 aliphatic heterocycles. The van der Waals surface area contributed by atoms with Gasteiger partial charge in [0.2, 0.25) is 0 Å². The minimum Gasteiger partial charge on any atom is -0.361 e. The Bertz CT molecular complexity index is 653. The molecule has 2 nitrogen and oxygen atoms in total. The van der Waals surface area contributed by atoms with Gasteiger partial charge in [-0.1, -0.05) is 36.4 Å². The van der Waals surface area contributed by atoms with Gasteiger partial charge in [-0.25, -0.2) is 0 Å². The Hall–Kier alpha value is -2.06. The quantitative estimate of drug-likeness (QED) is 0.686. The van der Waals surface area contributed by atoms with Gasteiger partial charge >= 0.3 is 0 Å². The summed E-state index contributed by atoms with van der Waals surface area (Å²) in [5.41, 5.74) is 10.5. The Labute approximate surface area is 100 Å². The summed E-state index contributed by atoms with van der Waals surface area (Å²) in [6.45, 7) is 0.568. The highest BCUT2D eigenvalue weighted by molar-refractivity contribution is 5.85. The lowest BCUT2D eigenvalue weighted by atomic mass is 9.99. The molecule has 0 amide bonds. The lowest BCUT2D eigenvalue weighted by Crippen LogP contribution is -1.98. The Morgan fingerprint density at radius 2 is 1.88 bits per heavy atom. The summed E-state index contributed by atoms with van der Waals surface area (Å²) in [5.74, 6) is 0. The minimum absolute atomic E-state index is 0.568. The normalized spacial score (nSPS) is 10.9. The Morgan fingerprint density at radius 1 is 1.00 bits per heavy atom. The van der Waals surface area contributed by atoms with Crippen molar-refractivity contribution in [1.82, 2.24) is 4.98 Å². The van der Waals surface area contributed by atoms with Crippen molar-refractivity contribution in [1.29, 1.82) is 0 Å². The standard InChI is InChI=1S/C15H14N2/c16-10-13-3-1-2-4-14(13)12-6-5-11-7-8-17-15(11)9-12/h1-9,17H,10,16H2. The molecule has 0 bridgehead atoms. The van der Waals surface area contributed by atoms with Crippen LogP contribution in [0.1, 0.15) is 5.56 Å². The first-order valence-electron chi connectivity index (χ1n) is 5.74. The van der Waals surface area contributed by atoms with E-state index in [0.29, 0.717) is 6.54 Å². The number of rotatable bonds is 2. The van der Waals surface area contributed by atoms with Gasteiger partial charge in [0.05, 0.1) is 0 Å². The molecule has 2 heteroatoms. The third-order valence-electron chi connectivity index (χ3n) is 3.10. The van der Waals surface area contributed by atoms with Crippen molar-refractivity contribution in [2.45, 2.75) is 6.54 Å². The number of nitrogens with two attached hydrogens (primary N) is 1. The number of fused-ring (bicyclic) bond motifs is 1. The van der Waals surface area contributed by atoms with Crippen LogP contribution in [0.2, 0.25) is 0 Å². The number of hydrogen-bond acceptors (Lipinski definition) is 1. The summed E-state index contributed by atoms with van der Waals surface area (Å²) in [6.07, 6.45) is 1.96. The Kier molecular flexibility index (Phi) is 2.42. The van der Waals surface area contributed by atoms with E-state index in [9.17, 15) is 0 Å². The third kappa shape index (κ3) is 1.73. The summed E-state index contributed by atoms with van der Waals surface area (Å²) in [5, 5.41) is 1.24. The van der Waals surface area contributed by atoms with E-state index in [1.165, 1.54) is 22.1 Å². The van der Waals surface area contributed by atoms with Gasteiger partial charge < -0.3 is 10.7 Å². The van der Waals surface area contributed by atoms with Gasteiger partial charge in [0.25, 0.3) is 0 Å². The topological polar surface area (TPSA) is 41.8 Å². The lowest BCUT2D eigenvalue weighted by Gasteiger charge is -2.07. The van der Waals surface area contributed by atoms with Crippen molar-refractivity contribution >= 4 is 10.9 Å². The van der Waals surface area contributed by atoms with Crippen LogP contribution >= 0.6 is 0 Å². The number of H-pyrrole nitrogens is 1. The fraction of sp³-hybridized carbons (Fsp3) is 0.0667. The Morgan fingerprint density at radius 3 is 2.76 bits per heavy atom. The molecular weight excluding hydrogens is 208 g/mol. The highest BCUT2D eigenvalue weighted by atomic mass is 14.7. The van der Waals surface area contributed by atoms with Crippen molar-refractivity contribution in [3.8, 4) is 11.1 Å². The van der Waals surface area contributed by atoms with Crippen molar-refractivity contribution in [3.63, 3.8) is 0 Å². The molecule has 0 fully saturated rings.